The minimum absolute atomic E-state index is 0.0400. The van der Waals surface area contributed by atoms with E-state index in [2.05, 4.69) is 0 Å². The van der Waals surface area contributed by atoms with E-state index in [4.69, 9.17) is 5.11 Å². The fraction of sp³-hybridized carbons (Fsp3) is 0.500. The molecule has 1 unspecified atom stereocenters. The largest absolute Gasteiger partial charge is 0.481 e. The van der Waals surface area contributed by atoms with Gasteiger partial charge in [0.05, 0.1) is 4.90 Å². The standard InChI is InChI=1S/C14H18FNO4S/c15-12-4-1-5-13(9-12)21(19,20)16-8-2-3-11(10-16)6-7-14(17)18/h1,4-5,9,11H,2-3,6-8,10H2,(H,17,18). The molecule has 1 aromatic rings. The number of hydrogen-bond donors (Lipinski definition) is 1. The highest BCUT2D eigenvalue weighted by Gasteiger charge is 2.30. The third kappa shape index (κ3) is 4.01. The molecule has 0 saturated carbocycles. The normalized spacial score (nSPS) is 20.3. The van der Waals surface area contributed by atoms with E-state index >= 15 is 0 Å². The topological polar surface area (TPSA) is 74.7 Å². The fourth-order valence-corrected chi connectivity index (χ4v) is 4.17. The van der Waals surface area contributed by atoms with Crippen LogP contribution in [-0.4, -0.2) is 36.9 Å². The van der Waals surface area contributed by atoms with Crippen molar-refractivity contribution in [2.45, 2.75) is 30.6 Å². The van der Waals surface area contributed by atoms with Crippen LogP contribution in [0.1, 0.15) is 25.7 Å². The van der Waals surface area contributed by atoms with Crippen molar-refractivity contribution in [3.8, 4) is 0 Å². The second-order valence-electron chi connectivity index (χ2n) is 5.26. The van der Waals surface area contributed by atoms with E-state index in [0.29, 0.717) is 25.9 Å². The lowest BCUT2D eigenvalue weighted by atomic mass is 9.95. The number of carboxylic acids is 1. The molecule has 116 valence electrons. The number of halogens is 1. The van der Waals surface area contributed by atoms with Gasteiger partial charge in [-0.15, -0.1) is 0 Å². The lowest BCUT2D eigenvalue weighted by molar-refractivity contribution is -0.137. The number of piperidine rings is 1. The molecule has 0 spiro atoms. The Morgan fingerprint density at radius 1 is 1.43 bits per heavy atom. The summed E-state index contributed by atoms with van der Waals surface area (Å²) in [5.41, 5.74) is 0. The molecule has 0 radical (unpaired) electrons. The number of carboxylic acid groups (broad SMARTS) is 1. The van der Waals surface area contributed by atoms with Crippen LogP contribution in [0.3, 0.4) is 0 Å². The van der Waals surface area contributed by atoms with Gasteiger partial charge in [0.2, 0.25) is 10.0 Å². The first-order valence-electron chi connectivity index (χ1n) is 6.87. The van der Waals surface area contributed by atoms with Gasteiger partial charge in [-0.1, -0.05) is 6.07 Å². The quantitative estimate of drug-likeness (QED) is 0.903. The average molecular weight is 315 g/mol. The first-order chi connectivity index (χ1) is 9.89. The summed E-state index contributed by atoms with van der Waals surface area (Å²) in [7, 11) is -3.71. The van der Waals surface area contributed by atoms with Gasteiger partial charge in [-0.25, -0.2) is 12.8 Å². The Labute approximate surface area is 123 Å². The molecular formula is C14H18FNO4S. The lowest BCUT2D eigenvalue weighted by Crippen LogP contribution is -2.40. The Morgan fingerprint density at radius 3 is 2.86 bits per heavy atom. The van der Waals surface area contributed by atoms with Crippen LogP contribution >= 0.6 is 0 Å². The van der Waals surface area contributed by atoms with Gasteiger partial charge in [-0.05, 0) is 43.4 Å². The number of nitrogens with zero attached hydrogens (tertiary/aromatic N) is 1. The highest BCUT2D eigenvalue weighted by molar-refractivity contribution is 7.89. The summed E-state index contributed by atoms with van der Waals surface area (Å²) in [6.45, 7) is 0.689. The van der Waals surface area contributed by atoms with Crippen molar-refractivity contribution in [3.05, 3.63) is 30.1 Å². The van der Waals surface area contributed by atoms with Gasteiger partial charge >= 0.3 is 5.97 Å². The fourth-order valence-electron chi connectivity index (χ4n) is 2.58. The van der Waals surface area contributed by atoms with Gasteiger partial charge in [0.1, 0.15) is 5.82 Å². The molecule has 1 saturated heterocycles. The predicted molar refractivity (Wildman–Crippen MR) is 74.8 cm³/mol. The second kappa shape index (κ2) is 6.53. The maximum absolute atomic E-state index is 13.2. The zero-order valence-corrected chi connectivity index (χ0v) is 12.4. The highest BCUT2D eigenvalue weighted by atomic mass is 32.2. The molecular weight excluding hydrogens is 297 g/mol. The van der Waals surface area contributed by atoms with Crippen molar-refractivity contribution in [1.29, 1.82) is 0 Å². The van der Waals surface area contributed by atoms with Crippen LogP contribution in [0.4, 0.5) is 4.39 Å². The van der Waals surface area contributed by atoms with Crippen molar-refractivity contribution >= 4 is 16.0 Å². The average Bonchev–Trinajstić information content (AvgIpc) is 2.45. The molecule has 1 aliphatic heterocycles. The molecule has 7 heteroatoms. The Balaban J connectivity index is 2.11. The molecule has 0 aliphatic carbocycles. The summed E-state index contributed by atoms with van der Waals surface area (Å²) in [5.74, 6) is -1.42. The summed E-state index contributed by atoms with van der Waals surface area (Å²) in [6.07, 6.45) is 2.02. The van der Waals surface area contributed by atoms with Crippen LogP contribution in [0.25, 0.3) is 0 Å². The van der Waals surface area contributed by atoms with Crippen molar-refractivity contribution in [3.63, 3.8) is 0 Å². The highest BCUT2D eigenvalue weighted by Crippen LogP contribution is 2.26. The van der Waals surface area contributed by atoms with Crippen molar-refractivity contribution in [2.24, 2.45) is 5.92 Å². The van der Waals surface area contributed by atoms with Crippen LogP contribution in [0, 0.1) is 11.7 Å². The van der Waals surface area contributed by atoms with Crippen LogP contribution in [0.5, 0.6) is 0 Å². The first-order valence-corrected chi connectivity index (χ1v) is 8.31. The summed E-state index contributed by atoms with van der Waals surface area (Å²) < 4.78 is 39.5. The summed E-state index contributed by atoms with van der Waals surface area (Å²) in [6, 6.07) is 4.95. The summed E-state index contributed by atoms with van der Waals surface area (Å²) in [5, 5.41) is 8.70. The maximum atomic E-state index is 13.2. The van der Waals surface area contributed by atoms with Gasteiger partial charge in [0.25, 0.3) is 0 Å². The first kappa shape index (κ1) is 15.9. The van der Waals surface area contributed by atoms with Gasteiger partial charge in [0, 0.05) is 19.5 Å². The van der Waals surface area contributed by atoms with E-state index in [-0.39, 0.29) is 17.2 Å². The molecule has 0 bridgehead atoms. The van der Waals surface area contributed by atoms with Gasteiger partial charge in [-0.3, -0.25) is 4.79 Å². The van der Waals surface area contributed by atoms with E-state index in [9.17, 15) is 17.6 Å². The number of sulfonamides is 1. The molecule has 1 N–H and O–H groups in total. The van der Waals surface area contributed by atoms with Crippen molar-refractivity contribution in [1.82, 2.24) is 4.31 Å². The SMILES string of the molecule is O=C(O)CCC1CCCN(S(=O)(=O)c2cccc(F)c2)C1. The van der Waals surface area contributed by atoms with Crippen LogP contribution in [0.15, 0.2) is 29.2 Å². The number of hydrogen-bond acceptors (Lipinski definition) is 3. The molecule has 1 atom stereocenters. The Bertz CT molecular complexity index is 617. The molecule has 2 rings (SSSR count). The zero-order valence-electron chi connectivity index (χ0n) is 11.5. The molecule has 0 aromatic heterocycles. The van der Waals surface area contributed by atoms with Gasteiger partial charge in [-0.2, -0.15) is 4.31 Å². The minimum Gasteiger partial charge on any atom is -0.481 e. The predicted octanol–water partition coefficient (Wildman–Crippen LogP) is 2.09. The molecule has 0 amide bonds. The zero-order chi connectivity index (χ0) is 15.5. The molecule has 21 heavy (non-hydrogen) atoms. The van der Waals surface area contributed by atoms with Crippen LogP contribution in [-0.2, 0) is 14.8 Å². The van der Waals surface area contributed by atoms with Gasteiger partial charge < -0.3 is 5.11 Å². The molecule has 5 nitrogen and oxygen atoms in total. The Morgan fingerprint density at radius 2 is 2.19 bits per heavy atom. The monoisotopic (exact) mass is 315 g/mol. The van der Waals surface area contributed by atoms with E-state index in [1.807, 2.05) is 0 Å². The number of aliphatic carboxylic acids is 1. The number of rotatable bonds is 5. The third-order valence-electron chi connectivity index (χ3n) is 3.68. The number of carbonyl (C=O) groups is 1. The summed E-state index contributed by atoms with van der Waals surface area (Å²) >= 11 is 0. The van der Waals surface area contributed by atoms with Crippen molar-refractivity contribution in [2.75, 3.05) is 13.1 Å². The van der Waals surface area contributed by atoms with Crippen molar-refractivity contribution < 1.29 is 22.7 Å². The summed E-state index contributed by atoms with van der Waals surface area (Å²) in [4.78, 5) is 10.6. The van der Waals surface area contributed by atoms with E-state index in [0.717, 1.165) is 12.5 Å². The lowest BCUT2D eigenvalue weighted by Gasteiger charge is -2.31. The third-order valence-corrected chi connectivity index (χ3v) is 5.54. The molecule has 1 aromatic carbocycles. The Hall–Kier alpha value is -1.47. The second-order valence-corrected chi connectivity index (χ2v) is 7.20. The van der Waals surface area contributed by atoms with E-state index < -0.39 is 21.8 Å². The smallest absolute Gasteiger partial charge is 0.303 e. The van der Waals surface area contributed by atoms with E-state index in [1.54, 1.807) is 0 Å². The minimum atomic E-state index is -3.71. The van der Waals surface area contributed by atoms with Crippen LogP contribution in [0.2, 0.25) is 0 Å². The van der Waals surface area contributed by atoms with E-state index in [1.165, 1.54) is 22.5 Å². The molecule has 1 fully saturated rings. The Kier molecular flexibility index (Phi) is 4.95. The molecule has 1 heterocycles. The van der Waals surface area contributed by atoms with Crippen LogP contribution < -0.4 is 0 Å². The van der Waals surface area contributed by atoms with Gasteiger partial charge in [0.15, 0.2) is 0 Å². The molecule has 1 aliphatic rings. The number of benzene rings is 1. The maximum Gasteiger partial charge on any atom is 0.303 e.